The van der Waals surface area contributed by atoms with Crippen LogP contribution in [0.1, 0.15) is 36.2 Å². The maximum Gasteiger partial charge on any atom is 0.271 e. The number of aromatic nitrogens is 2. The van der Waals surface area contributed by atoms with Crippen LogP contribution in [-0.4, -0.2) is 37.8 Å². The number of nitrogens with two attached hydrogens (primary N) is 1. The highest BCUT2D eigenvalue weighted by molar-refractivity contribution is 6.00. The second-order valence-corrected chi connectivity index (χ2v) is 4.86. The van der Waals surface area contributed by atoms with Gasteiger partial charge in [0.15, 0.2) is 17.3 Å². The summed E-state index contributed by atoms with van der Waals surface area (Å²) in [5.74, 6) is -3.13. The summed E-state index contributed by atoms with van der Waals surface area (Å²) in [5, 5.41) is 21.4. The third kappa shape index (κ3) is 3.28. The van der Waals surface area contributed by atoms with Gasteiger partial charge in [-0.3, -0.25) is 9.59 Å². The molecule has 0 aromatic carbocycles. The highest BCUT2D eigenvalue weighted by Crippen LogP contribution is 2.30. The molecule has 8 nitrogen and oxygen atoms in total. The molecule has 1 aromatic rings. The standard InChI is InChI=1S/C12H16N4O4/c13-9(17)8-10(15-6-5-14-8)16-11(18)7-1-3-12(19,20)4-2-7/h5-7,19-20H,1-4H2,(H2,13,17)(H,15,16,18). The first-order valence-electron chi connectivity index (χ1n) is 6.25. The molecule has 1 saturated carbocycles. The number of hydrogen-bond acceptors (Lipinski definition) is 6. The predicted octanol–water partition coefficient (Wildman–Crippen LogP) is -0.615. The van der Waals surface area contributed by atoms with Gasteiger partial charge in [0.05, 0.1) is 0 Å². The maximum atomic E-state index is 12.1. The number of anilines is 1. The summed E-state index contributed by atoms with van der Waals surface area (Å²) in [7, 11) is 0. The van der Waals surface area contributed by atoms with Crippen LogP contribution in [0.2, 0.25) is 0 Å². The van der Waals surface area contributed by atoms with Crippen molar-refractivity contribution in [3.8, 4) is 0 Å². The molecule has 0 saturated heterocycles. The third-order valence-corrected chi connectivity index (χ3v) is 3.33. The minimum absolute atomic E-state index is 0.0230. The number of nitrogens with zero attached hydrogens (tertiary/aromatic N) is 2. The Balaban J connectivity index is 2.04. The smallest absolute Gasteiger partial charge is 0.271 e. The summed E-state index contributed by atoms with van der Waals surface area (Å²) < 4.78 is 0. The molecule has 108 valence electrons. The van der Waals surface area contributed by atoms with Gasteiger partial charge in [0.25, 0.3) is 5.91 Å². The molecule has 1 heterocycles. The topological polar surface area (TPSA) is 138 Å². The molecule has 1 fully saturated rings. The monoisotopic (exact) mass is 280 g/mol. The summed E-state index contributed by atoms with van der Waals surface area (Å²) >= 11 is 0. The number of hydrogen-bond donors (Lipinski definition) is 4. The van der Waals surface area contributed by atoms with Gasteiger partial charge in [-0.15, -0.1) is 0 Å². The summed E-state index contributed by atoms with van der Waals surface area (Å²) in [6, 6.07) is 0. The van der Waals surface area contributed by atoms with E-state index in [9.17, 15) is 19.8 Å². The van der Waals surface area contributed by atoms with Gasteiger partial charge in [0.2, 0.25) is 5.91 Å². The van der Waals surface area contributed by atoms with Crippen molar-refractivity contribution < 1.29 is 19.8 Å². The van der Waals surface area contributed by atoms with Crippen molar-refractivity contribution >= 4 is 17.6 Å². The molecule has 20 heavy (non-hydrogen) atoms. The Hall–Kier alpha value is -2.06. The summed E-state index contributed by atoms with van der Waals surface area (Å²) in [6.07, 6.45) is 3.62. The lowest BCUT2D eigenvalue weighted by Gasteiger charge is -2.30. The zero-order valence-electron chi connectivity index (χ0n) is 10.7. The number of aliphatic hydroxyl groups is 2. The zero-order valence-corrected chi connectivity index (χ0v) is 10.7. The first kappa shape index (κ1) is 14.4. The van der Waals surface area contributed by atoms with Crippen LogP contribution in [0.5, 0.6) is 0 Å². The number of primary amides is 1. The van der Waals surface area contributed by atoms with Gasteiger partial charge in [-0.05, 0) is 12.8 Å². The Morgan fingerprint density at radius 3 is 2.45 bits per heavy atom. The quantitative estimate of drug-likeness (QED) is 0.544. The van der Waals surface area contributed by atoms with Crippen molar-refractivity contribution in [1.29, 1.82) is 0 Å². The number of rotatable bonds is 3. The Morgan fingerprint density at radius 2 is 1.85 bits per heavy atom. The van der Waals surface area contributed by atoms with Crippen molar-refractivity contribution in [3.63, 3.8) is 0 Å². The third-order valence-electron chi connectivity index (χ3n) is 3.33. The van der Waals surface area contributed by atoms with E-state index in [2.05, 4.69) is 15.3 Å². The highest BCUT2D eigenvalue weighted by atomic mass is 16.5. The normalized spacial score (nSPS) is 18.5. The molecule has 0 radical (unpaired) electrons. The first-order valence-corrected chi connectivity index (χ1v) is 6.25. The van der Waals surface area contributed by atoms with E-state index in [-0.39, 0.29) is 36.2 Å². The van der Waals surface area contributed by atoms with Gasteiger partial charge in [-0.2, -0.15) is 0 Å². The molecule has 1 aromatic heterocycles. The van der Waals surface area contributed by atoms with Crippen LogP contribution in [0.3, 0.4) is 0 Å². The molecule has 0 spiro atoms. The van der Waals surface area contributed by atoms with Crippen molar-refractivity contribution in [1.82, 2.24) is 9.97 Å². The molecule has 2 rings (SSSR count). The number of nitrogens with one attached hydrogen (secondary N) is 1. The Bertz CT molecular complexity index is 522. The lowest BCUT2D eigenvalue weighted by atomic mass is 9.85. The minimum Gasteiger partial charge on any atom is -0.366 e. The lowest BCUT2D eigenvalue weighted by molar-refractivity contribution is -0.186. The fraction of sp³-hybridized carbons (Fsp3) is 0.500. The van der Waals surface area contributed by atoms with Crippen LogP contribution in [0.25, 0.3) is 0 Å². The SMILES string of the molecule is NC(=O)c1nccnc1NC(=O)C1CCC(O)(O)CC1. The average molecular weight is 280 g/mol. The summed E-state index contributed by atoms with van der Waals surface area (Å²) in [5.41, 5.74) is 5.04. The zero-order chi connectivity index (χ0) is 14.8. The molecule has 5 N–H and O–H groups in total. The van der Waals surface area contributed by atoms with Crippen molar-refractivity contribution in [2.45, 2.75) is 31.5 Å². The molecule has 0 atom stereocenters. The average Bonchev–Trinajstić information content (AvgIpc) is 2.38. The Morgan fingerprint density at radius 1 is 1.25 bits per heavy atom. The number of carbonyl (C=O) groups is 2. The van der Waals surface area contributed by atoms with Gasteiger partial charge in [0.1, 0.15) is 0 Å². The van der Waals surface area contributed by atoms with E-state index in [1.54, 1.807) is 0 Å². The van der Waals surface area contributed by atoms with Gasteiger partial charge in [0, 0.05) is 31.2 Å². The highest BCUT2D eigenvalue weighted by Gasteiger charge is 2.34. The fourth-order valence-electron chi connectivity index (χ4n) is 2.17. The van der Waals surface area contributed by atoms with Crippen LogP contribution in [0.4, 0.5) is 5.82 Å². The van der Waals surface area contributed by atoms with E-state index < -0.39 is 11.7 Å². The van der Waals surface area contributed by atoms with Crippen LogP contribution < -0.4 is 11.1 Å². The second-order valence-electron chi connectivity index (χ2n) is 4.86. The first-order chi connectivity index (χ1) is 9.39. The summed E-state index contributed by atoms with van der Waals surface area (Å²) in [4.78, 5) is 30.9. The molecule has 1 aliphatic carbocycles. The van der Waals surface area contributed by atoms with E-state index in [0.717, 1.165) is 0 Å². The molecule has 0 unspecified atom stereocenters. The number of amides is 2. The largest absolute Gasteiger partial charge is 0.366 e. The van der Waals surface area contributed by atoms with Crippen LogP contribution in [0.15, 0.2) is 12.4 Å². The van der Waals surface area contributed by atoms with Crippen molar-refractivity contribution in [2.24, 2.45) is 11.7 Å². The molecular weight excluding hydrogens is 264 g/mol. The molecule has 2 amide bonds. The predicted molar refractivity (Wildman–Crippen MR) is 68.3 cm³/mol. The summed E-state index contributed by atoms with van der Waals surface area (Å²) in [6.45, 7) is 0. The van der Waals surface area contributed by atoms with E-state index in [1.807, 2.05) is 0 Å². The Kier molecular flexibility index (Phi) is 3.96. The van der Waals surface area contributed by atoms with Crippen LogP contribution >= 0.6 is 0 Å². The van der Waals surface area contributed by atoms with Crippen LogP contribution in [-0.2, 0) is 4.79 Å². The van der Waals surface area contributed by atoms with Crippen molar-refractivity contribution in [3.05, 3.63) is 18.1 Å². The van der Waals surface area contributed by atoms with E-state index in [4.69, 9.17) is 5.73 Å². The van der Waals surface area contributed by atoms with Crippen molar-refractivity contribution in [2.75, 3.05) is 5.32 Å². The minimum atomic E-state index is -1.69. The lowest BCUT2D eigenvalue weighted by Crippen LogP contribution is -2.37. The second kappa shape index (κ2) is 5.51. The Labute approximate surface area is 115 Å². The van der Waals surface area contributed by atoms with Crippen LogP contribution in [0, 0.1) is 5.92 Å². The molecule has 8 heteroatoms. The van der Waals surface area contributed by atoms with E-state index in [0.29, 0.717) is 12.8 Å². The molecule has 1 aliphatic rings. The van der Waals surface area contributed by atoms with Gasteiger partial charge in [-0.1, -0.05) is 0 Å². The molecular formula is C12H16N4O4. The van der Waals surface area contributed by atoms with E-state index in [1.165, 1.54) is 12.4 Å². The van der Waals surface area contributed by atoms with Gasteiger partial charge < -0.3 is 21.3 Å². The fourth-order valence-corrected chi connectivity index (χ4v) is 2.17. The van der Waals surface area contributed by atoms with E-state index >= 15 is 0 Å². The number of carbonyl (C=O) groups excluding carboxylic acids is 2. The maximum absolute atomic E-state index is 12.1. The van der Waals surface area contributed by atoms with Gasteiger partial charge in [-0.25, -0.2) is 9.97 Å². The molecule has 0 aliphatic heterocycles. The van der Waals surface area contributed by atoms with Gasteiger partial charge >= 0.3 is 0 Å². The molecule has 0 bridgehead atoms.